The van der Waals surface area contributed by atoms with Gasteiger partial charge in [-0.3, -0.25) is 4.90 Å². The third-order valence-electron chi connectivity index (χ3n) is 3.28. The van der Waals surface area contributed by atoms with E-state index in [-0.39, 0.29) is 5.82 Å². The highest BCUT2D eigenvalue weighted by molar-refractivity contribution is 5.31. The zero-order valence-corrected chi connectivity index (χ0v) is 10.4. The van der Waals surface area contributed by atoms with Crippen molar-refractivity contribution < 1.29 is 9.13 Å². The first-order valence-electron chi connectivity index (χ1n) is 5.98. The van der Waals surface area contributed by atoms with Crippen LogP contribution in [0.2, 0.25) is 0 Å². The minimum Gasteiger partial charge on any atom is -0.494 e. The molecule has 94 valence electrons. The average molecular weight is 238 g/mol. The van der Waals surface area contributed by atoms with Gasteiger partial charge in [-0.25, -0.2) is 4.39 Å². The number of nitrogens with one attached hydrogen (secondary N) is 1. The van der Waals surface area contributed by atoms with Crippen LogP contribution in [0, 0.1) is 5.82 Å². The smallest absolute Gasteiger partial charge is 0.169 e. The lowest BCUT2D eigenvalue weighted by Gasteiger charge is -2.34. The van der Waals surface area contributed by atoms with Gasteiger partial charge in [-0.05, 0) is 13.0 Å². The minimum absolute atomic E-state index is 0.235. The summed E-state index contributed by atoms with van der Waals surface area (Å²) in [6, 6.07) is 5.76. The number of ether oxygens (including phenoxy) is 1. The van der Waals surface area contributed by atoms with E-state index in [1.165, 1.54) is 7.11 Å². The van der Waals surface area contributed by atoms with Crippen molar-refractivity contribution in [1.29, 1.82) is 0 Å². The molecule has 1 saturated heterocycles. The molecule has 1 atom stereocenters. The summed E-state index contributed by atoms with van der Waals surface area (Å²) < 4.78 is 19.0. The number of hydrogen-bond donors (Lipinski definition) is 1. The zero-order valence-electron chi connectivity index (χ0n) is 10.4. The monoisotopic (exact) mass is 238 g/mol. The standard InChI is InChI=1S/C13H19FN2O/c1-10-8-15-6-7-16(10)9-11-4-3-5-12(17-2)13(11)14/h3-5,10,15H,6-9H2,1-2H3/t10-/m0/s1. The van der Waals surface area contributed by atoms with Crippen LogP contribution in [0.5, 0.6) is 5.75 Å². The largest absolute Gasteiger partial charge is 0.494 e. The number of methoxy groups -OCH3 is 1. The van der Waals surface area contributed by atoms with Crippen LogP contribution >= 0.6 is 0 Å². The van der Waals surface area contributed by atoms with Crippen LogP contribution < -0.4 is 10.1 Å². The summed E-state index contributed by atoms with van der Waals surface area (Å²) in [6.45, 7) is 5.69. The Morgan fingerprint density at radius 2 is 2.35 bits per heavy atom. The summed E-state index contributed by atoms with van der Waals surface area (Å²) in [6.07, 6.45) is 0. The highest BCUT2D eigenvalue weighted by atomic mass is 19.1. The van der Waals surface area contributed by atoms with Crippen molar-refractivity contribution in [3.8, 4) is 5.75 Å². The third kappa shape index (κ3) is 2.76. The maximum absolute atomic E-state index is 14.0. The molecule has 0 amide bonds. The SMILES string of the molecule is COc1cccc(CN2CCNC[C@@H]2C)c1F. The van der Waals surface area contributed by atoms with Gasteiger partial charge in [0.1, 0.15) is 0 Å². The van der Waals surface area contributed by atoms with Crippen LogP contribution in [0.3, 0.4) is 0 Å². The van der Waals surface area contributed by atoms with Crippen molar-refractivity contribution in [1.82, 2.24) is 10.2 Å². The first kappa shape index (κ1) is 12.3. The summed E-state index contributed by atoms with van der Waals surface area (Å²) >= 11 is 0. The Morgan fingerprint density at radius 3 is 3.06 bits per heavy atom. The number of rotatable bonds is 3. The van der Waals surface area contributed by atoms with E-state index in [0.717, 1.165) is 19.6 Å². The number of hydrogen-bond acceptors (Lipinski definition) is 3. The van der Waals surface area contributed by atoms with Crippen molar-refractivity contribution in [2.24, 2.45) is 0 Å². The molecular formula is C13H19FN2O. The van der Waals surface area contributed by atoms with E-state index in [9.17, 15) is 4.39 Å². The molecule has 0 radical (unpaired) electrons. The minimum atomic E-state index is -0.235. The van der Waals surface area contributed by atoms with Crippen LogP contribution in [-0.4, -0.2) is 37.7 Å². The maximum Gasteiger partial charge on any atom is 0.169 e. The molecule has 1 N–H and O–H groups in total. The predicted octanol–water partition coefficient (Wildman–Crippen LogP) is 1.63. The molecule has 4 heteroatoms. The Kier molecular flexibility index (Phi) is 3.97. The predicted molar refractivity (Wildman–Crippen MR) is 65.7 cm³/mol. The van der Waals surface area contributed by atoms with E-state index < -0.39 is 0 Å². The van der Waals surface area contributed by atoms with Crippen molar-refractivity contribution in [3.63, 3.8) is 0 Å². The highest BCUT2D eigenvalue weighted by Crippen LogP contribution is 2.22. The fraction of sp³-hybridized carbons (Fsp3) is 0.538. The van der Waals surface area contributed by atoms with E-state index in [0.29, 0.717) is 23.9 Å². The van der Waals surface area contributed by atoms with Gasteiger partial charge in [0.15, 0.2) is 11.6 Å². The lowest BCUT2D eigenvalue weighted by atomic mass is 10.1. The van der Waals surface area contributed by atoms with Crippen molar-refractivity contribution in [2.45, 2.75) is 19.5 Å². The Bertz CT molecular complexity index is 384. The molecule has 1 aromatic rings. The average Bonchev–Trinajstić information content (AvgIpc) is 2.34. The van der Waals surface area contributed by atoms with E-state index in [1.54, 1.807) is 6.07 Å². The van der Waals surface area contributed by atoms with E-state index in [2.05, 4.69) is 17.1 Å². The number of piperazine rings is 1. The number of nitrogens with zero attached hydrogens (tertiary/aromatic N) is 1. The van der Waals surface area contributed by atoms with Crippen LogP contribution in [0.15, 0.2) is 18.2 Å². The zero-order chi connectivity index (χ0) is 12.3. The second kappa shape index (κ2) is 5.47. The molecule has 1 fully saturated rings. The van der Waals surface area contributed by atoms with Crippen molar-refractivity contribution in [2.75, 3.05) is 26.7 Å². The normalized spacial score (nSPS) is 21.5. The molecule has 0 spiro atoms. The lowest BCUT2D eigenvalue weighted by molar-refractivity contribution is 0.163. The van der Waals surface area contributed by atoms with Crippen LogP contribution in [0.4, 0.5) is 4.39 Å². The second-order valence-electron chi connectivity index (χ2n) is 4.46. The molecule has 1 heterocycles. The third-order valence-corrected chi connectivity index (χ3v) is 3.28. The van der Waals surface area contributed by atoms with Crippen LogP contribution in [-0.2, 0) is 6.54 Å². The molecule has 0 aromatic heterocycles. The summed E-state index contributed by atoms with van der Waals surface area (Å²) in [4.78, 5) is 2.29. The Labute approximate surface area is 102 Å². The van der Waals surface area contributed by atoms with E-state index in [4.69, 9.17) is 4.74 Å². The molecular weight excluding hydrogens is 219 g/mol. The van der Waals surface area contributed by atoms with E-state index in [1.807, 2.05) is 12.1 Å². The first-order chi connectivity index (χ1) is 8.22. The fourth-order valence-electron chi connectivity index (χ4n) is 2.17. The first-order valence-corrected chi connectivity index (χ1v) is 5.98. The Balaban J connectivity index is 2.12. The van der Waals surface area contributed by atoms with Gasteiger partial charge in [0, 0.05) is 37.8 Å². The van der Waals surface area contributed by atoms with Gasteiger partial charge in [-0.2, -0.15) is 0 Å². The molecule has 1 aromatic carbocycles. The Morgan fingerprint density at radius 1 is 1.53 bits per heavy atom. The summed E-state index contributed by atoms with van der Waals surface area (Å²) in [5.41, 5.74) is 0.707. The van der Waals surface area contributed by atoms with Gasteiger partial charge in [-0.15, -0.1) is 0 Å². The second-order valence-corrected chi connectivity index (χ2v) is 4.46. The maximum atomic E-state index is 14.0. The van der Waals surface area contributed by atoms with Gasteiger partial charge in [0.25, 0.3) is 0 Å². The summed E-state index contributed by atoms with van der Waals surface area (Å²) in [5, 5.41) is 3.33. The molecule has 0 unspecified atom stereocenters. The topological polar surface area (TPSA) is 24.5 Å². The number of benzene rings is 1. The lowest BCUT2D eigenvalue weighted by Crippen LogP contribution is -2.49. The molecule has 17 heavy (non-hydrogen) atoms. The molecule has 0 aliphatic carbocycles. The quantitative estimate of drug-likeness (QED) is 0.866. The highest BCUT2D eigenvalue weighted by Gasteiger charge is 2.19. The van der Waals surface area contributed by atoms with Gasteiger partial charge in [-0.1, -0.05) is 12.1 Å². The van der Waals surface area contributed by atoms with Crippen LogP contribution in [0.1, 0.15) is 12.5 Å². The van der Waals surface area contributed by atoms with Crippen molar-refractivity contribution in [3.05, 3.63) is 29.6 Å². The molecule has 1 aliphatic rings. The van der Waals surface area contributed by atoms with Gasteiger partial charge in [0.2, 0.25) is 0 Å². The van der Waals surface area contributed by atoms with E-state index >= 15 is 0 Å². The van der Waals surface area contributed by atoms with Crippen molar-refractivity contribution >= 4 is 0 Å². The molecule has 0 bridgehead atoms. The molecule has 3 nitrogen and oxygen atoms in total. The van der Waals surface area contributed by atoms with Gasteiger partial charge < -0.3 is 10.1 Å². The summed E-state index contributed by atoms with van der Waals surface area (Å²) in [5.74, 6) is 0.0889. The molecule has 1 aliphatic heterocycles. The number of halogens is 1. The fourth-order valence-corrected chi connectivity index (χ4v) is 2.17. The van der Waals surface area contributed by atoms with Gasteiger partial charge in [0.05, 0.1) is 7.11 Å². The Hall–Kier alpha value is -1.13. The van der Waals surface area contributed by atoms with Gasteiger partial charge >= 0.3 is 0 Å². The summed E-state index contributed by atoms with van der Waals surface area (Å²) in [7, 11) is 1.50. The molecule has 2 rings (SSSR count). The molecule has 0 saturated carbocycles. The van der Waals surface area contributed by atoms with Crippen LogP contribution in [0.25, 0.3) is 0 Å².